The molecule has 0 spiro atoms. The van der Waals surface area contributed by atoms with Crippen LogP contribution in [0.25, 0.3) is 22.2 Å². The van der Waals surface area contributed by atoms with Gasteiger partial charge in [0.05, 0.1) is 11.6 Å². The largest absolute Gasteiger partial charge is 0.473 e. The molecule has 1 amide bonds. The Morgan fingerprint density at radius 1 is 1.13 bits per heavy atom. The van der Waals surface area contributed by atoms with E-state index in [1.807, 2.05) is 35.0 Å². The summed E-state index contributed by atoms with van der Waals surface area (Å²) < 4.78 is 9.34. The molecule has 11 heteroatoms. The van der Waals surface area contributed by atoms with E-state index in [9.17, 15) is 14.7 Å². The maximum atomic E-state index is 11.8. The van der Waals surface area contributed by atoms with Crippen LogP contribution in [0.2, 0.25) is 0 Å². The molecular formula is C27H31N7O4. The van der Waals surface area contributed by atoms with Gasteiger partial charge in [0.15, 0.2) is 0 Å². The molecular weight excluding hydrogens is 486 g/mol. The number of aromatic nitrogens is 5. The summed E-state index contributed by atoms with van der Waals surface area (Å²) in [7, 11) is 1.60. The molecule has 3 aromatic heterocycles. The Kier molecular flexibility index (Phi) is 7.10. The summed E-state index contributed by atoms with van der Waals surface area (Å²) in [5.41, 5.74) is 9.22. The summed E-state index contributed by atoms with van der Waals surface area (Å²) >= 11 is 0. The maximum absolute atomic E-state index is 11.8. The topological polar surface area (TPSA) is 141 Å². The number of rotatable bonds is 7. The van der Waals surface area contributed by atoms with Crippen molar-refractivity contribution >= 4 is 22.8 Å². The molecule has 1 fully saturated rings. The molecule has 1 aliphatic rings. The fraction of sp³-hybridized carbons (Fsp3) is 0.370. The van der Waals surface area contributed by atoms with Crippen molar-refractivity contribution in [2.45, 2.75) is 51.3 Å². The average molecular weight is 518 g/mol. The number of hydrogen-bond acceptors (Lipinski definition) is 7. The molecule has 198 valence electrons. The van der Waals surface area contributed by atoms with E-state index in [0.717, 1.165) is 53.4 Å². The first kappa shape index (κ1) is 25.4. The summed E-state index contributed by atoms with van der Waals surface area (Å²) in [4.78, 5) is 29.1. The van der Waals surface area contributed by atoms with E-state index >= 15 is 0 Å². The minimum atomic E-state index is -1.05. The number of anilines is 1. The van der Waals surface area contributed by atoms with Crippen molar-refractivity contribution in [3.63, 3.8) is 0 Å². The number of carbonyl (C=O) groups is 1. The Labute approximate surface area is 219 Å². The van der Waals surface area contributed by atoms with Gasteiger partial charge in [-0.1, -0.05) is 24.3 Å². The summed E-state index contributed by atoms with van der Waals surface area (Å²) in [6, 6.07) is 13.0. The number of aryl methyl sites for hydroxylation is 1. The van der Waals surface area contributed by atoms with Crippen molar-refractivity contribution in [2.75, 3.05) is 11.4 Å². The normalized spacial score (nSPS) is 17.4. The highest BCUT2D eigenvalue weighted by molar-refractivity contribution is 5.95. The van der Waals surface area contributed by atoms with Crippen LogP contribution in [-0.2, 0) is 13.6 Å². The summed E-state index contributed by atoms with van der Waals surface area (Å²) in [6.45, 7) is 2.53. The van der Waals surface area contributed by atoms with Gasteiger partial charge in [0.1, 0.15) is 17.6 Å². The summed E-state index contributed by atoms with van der Waals surface area (Å²) in [5.74, 6) is 0.809. The molecule has 3 heterocycles. The molecule has 0 unspecified atom stereocenters. The van der Waals surface area contributed by atoms with Crippen molar-refractivity contribution in [1.82, 2.24) is 24.5 Å². The van der Waals surface area contributed by atoms with Crippen molar-refractivity contribution in [3.8, 4) is 17.1 Å². The van der Waals surface area contributed by atoms with Gasteiger partial charge in [-0.3, -0.25) is 14.4 Å². The SMILES string of the molecule is CCN(C(=O)O)c1cc2c(cn1)c(-c1ccc(CN)cc1)nn2C1CCC(Oc2ccc(=O)n(C)n2)CC1. The first-order valence-electron chi connectivity index (χ1n) is 12.8. The number of nitrogens with zero attached hydrogens (tertiary/aromatic N) is 6. The first-order chi connectivity index (χ1) is 18.4. The lowest BCUT2D eigenvalue weighted by atomic mass is 9.93. The number of pyridine rings is 1. The van der Waals surface area contributed by atoms with E-state index in [-0.39, 0.29) is 24.2 Å². The van der Waals surface area contributed by atoms with Crippen LogP contribution in [-0.4, -0.2) is 48.4 Å². The summed E-state index contributed by atoms with van der Waals surface area (Å²) in [5, 5.41) is 19.7. The number of ether oxygens (including phenoxy) is 1. The summed E-state index contributed by atoms with van der Waals surface area (Å²) in [6.07, 6.45) is 3.90. The Balaban J connectivity index is 1.46. The maximum Gasteiger partial charge on any atom is 0.412 e. The van der Waals surface area contributed by atoms with Gasteiger partial charge in [0.2, 0.25) is 5.88 Å². The third kappa shape index (κ3) is 4.97. The fourth-order valence-electron chi connectivity index (χ4n) is 4.98. The second kappa shape index (κ2) is 10.6. The fourth-order valence-corrected chi connectivity index (χ4v) is 4.98. The van der Waals surface area contributed by atoms with E-state index in [0.29, 0.717) is 18.2 Å². The highest BCUT2D eigenvalue weighted by Crippen LogP contribution is 2.36. The van der Waals surface area contributed by atoms with Crippen LogP contribution in [0.4, 0.5) is 10.6 Å². The van der Waals surface area contributed by atoms with Crippen LogP contribution in [0, 0.1) is 0 Å². The second-order valence-electron chi connectivity index (χ2n) is 9.46. The van der Waals surface area contributed by atoms with E-state index < -0.39 is 6.09 Å². The predicted octanol–water partition coefficient (Wildman–Crippen LogP) is 3.72. The Morgan fingerprint density at radius 2 is 1.87 bits per heavy atom. The molecule has 0 radical (unpaired) electrons. The van der Waals surface area contributed by atoms with Gasteiger partial charge in [0, 0.05) is 55.5 Å². The highest BCUT2D eigenvalue weighted by Gasteiger charge is 2.28. The number of carboxylic acid groups (broad SMARTS) is 1. The van der Waals surface area contributed by atoms with Gasteiger partial charge in [-0.05, 0) is 38.2 Å². The van der Waals surface area contributed by atoms with E-state index in [4.69, 9.17) is 15.6 Å². The number of fused-ring (bicyclic) bond motifs is 1. The van der Waals surface area contributed by atoms with Gasteiger partial charge < -0.3 is 15.6 Å². The van der Waals surface area contributed by atoms with Gasteiger partial charge in [-0.25, -0.2) is 14.5 Å². The molecule has 3 N–H and O–H groups in total. The van der Waals surface area contributed by atoms with E-state index in [1.165, 1.54) is 15.6 Å². The van der Waals surface area contributed by atoms with Gasteiger partial charge in [-0.15, -0.1) is 5.10 Å². The molecule has 1 aromatic carbocycles. The molecule has 0 atom stereocenters. The Hall–Kier alpha value is -4.25. The van der Waals surface area contributed by atoms with Gasteiger partial charge >= 0.3 is 6.09 Å². The number of benzene rings is 1. The lowest BCUT2D eigenvalue weighted by Crippen LogP contribution is -2.29. The monoisotopic (exact) mass is 517 g/mol. The van der Waals surface area contributed by atoms with Crippen molar-refractivity contribution in [1.29, 1.82) is 0 Å². The van der Waals surface area contributed by atoms with Crippen LogP contribution >= 0.6 is 0 Å². The lowest BCUT2D eigenvalue weighted by Gasteiger charge is -2.29. The highest BCUT2D eigenvalue weighted by atomic mass is 16.5. The van der Waals surface area contributed by atoms with Crippen LogP contribution in [0.5, 0.6) is 5.88 Å². The smallest absolute Gasteiger partial charge is 0.412 e. The van der Waals surface area contributed by atoms with Gasteiger partial charge in [0.25, 0.3) is 5.56 Å². The molecule has 1 aliphatic carbocycles. The Morgan fingerprint density at radius 3 is 2.50 bits per heavy atom. The molecule has 4 aromatic rings. The second-order valence-corrected chi connectivity index (χ2v) is 9.46. The standard InChI is InChI=1S/C27H31N7O4/c1-3-33(27(36)37)23-14-22-21(16-29-23)26(18-6-4-17(15-28)5-7-18)31-34(22)19-8-10-20(11-9-19)38-24-12-13-25(35)32(2)30-24/h4-7,12-14,16,19-20H,3,8-11,15,28H2,1-2H3,(H,36,37). The lowest BCUT2D eigenvalue weighted by molar-refractivity contribution is 0.123. The van der Waals surface area contributed by atoms with Crippen LogP contribution < -0.4 is 20.9 Å². The van der Waals surface area contributed by atoms with E-state index in [1.54, 1.807) is 26.2 Å². The molecule has 38 heavy (non-hydrogen) atoms. The Bertz CT molecular complexity index is 1500. The third-order valence-corrected chi connectivity index (χ3v) is 7.08. The average Bonchev–Trinajstić information content (AvgIpc) is 3.30. The minimum Gasteiger partial charge on any atom is -0.473 e. The first-order valence-corrected chi connectivity index (χ1v) is 12.8. The zero-order valence-electron chi connectivity index (χ0n) is 21.4. The zero-order valence-corrected chi connectivity index (χ0v) is 21.4. The van der Waals surface area contributed by atoms with Crippen molar-refractivity contribution in [2.24, 2.45) is 12.8 Å². The van der Waals surface area contributed by atoms with Crippen LogP contribution in [0.15, 0.2) is 53.5 Å². The predicted molar refractivity (Wildman–Crippen MR) is 143 cm³/mol. The minimum absolute atomic E-state index is 0.0128. The number of nitrogens with two attached hydrogens (primary N) is 1. The molecule has 11 nitrogen and oxygen atoms in total. The molecule has 0 bridgehead atoms. The quantitative estimate of drug-likeness (QED) is 0.378. The molecule has 5 rings (SSSR count). The van der Waals surface area contributed by atoms with Crippen LogP contribution in [0.1, 0.15) is 44.2 Å². The molecule has 0 aliphatic heterocycles. The van der Waals surface area contributed by atoms with Gasteiger partial charge in [-0.2, -0.15) is 5.10 Å². The third-order valence-electron chi connectivity index (χ3n) is 7.08. The number of amides is 1. The molecule has 1 saturated carbocycles. The van der Waals surface area contributed by atoms with Crippen molar-refractivity contribution < 1.29 is 14.6 Å². The van der Waals surface area contributed by atoms with Crippen LogP contribution in [0.3, 0.4) is 0 Å². The number of hydrogen-bond donors (Lipinski definition) is 2. The molecule has 0 saturated heterocycles. The zero-order chi connectivity index (χ0) is 26.8. The van der Waals surface area contributed by atoms with E-state index in [2.05, 4.69) is 10.1 Å². The van der Waals surface area contributed by atoms with Crippen molar-refractivity contribution in [3.05, 3.63) is 64.6 Å².